The molecule has 0 aromatic heterocycles. The molecule has 0 radical (unpaired) electrons. The molecule has 0 aliphatic heterocycles. The van der Waals surface area contributed by atoms with Crippen LogP contribution in [0.2, 0.25) is 0 Å². The molecule has 1 unspecified atom stereocenters. The van der Waals surface area contributed by atoms with Gasteiger partial charge in [0.1, 0.15) is 0 Å². The minimum Gasteiger partial charge on any atom is -0.468 e. The number of ether oxygens (including phenoxy) is 1. The molecular formula is C10H10Br2O2. The molecule has 2 nitrogen and oxygen atoms in total. The topological polar surface area (TPSA) is 26.3 Å². The van der Waals surface area contributed by atoms with Crippen LogP contribution in [0.4, 0.5) is 0 Å². The number of methoxy groups -OCH3 is 1. The average molecular weight is 322 g/mol. The Morgan fingerprint density at radius 1 is 1.43 bits per heavy atom. The Bertz CT molecular complexity index is 313. The van der Waals surface area contributed by atoms with Crippen molar-refractivity contribution in [1.29, 1.82) is 0 Å². The van der Waals surface area contributed by atoms with Gasteiger partial charge in [0, 0.05) is 5.33 Å². The molecule has 0 bridgehead atoms. The molecule has 1 rings (SSSR count). The van der Waals surface area contributed by atoms with Crippen molar-refractivity contribution in [2.24, 2.45) is 0 Å². The fourth-order valence-electron chi connectivity index (χ4n) is 1.11. The highest BCUT2D eigenvalue weighted by Gasteiger charge is 2.37. The Balaban J connectivity index is 3.08. The van der Waals surface area contributed by atoms with Crippen LogP contribution >= 0.6 is 31.9 Å². The number of benzene rings is 1. The molecule has 0 N–H and O–H groups in total. The molecule has 0 fully saturated rings. The third-order valence-corrected chi connectivity index (χ3v) is 4.58. The van der Waals surface area contributed by atoms with Gasteiger partial charge in [-0.1, -0.05) is 62.2 Å². The van der Waals surface area contributed by atoms with Crippen molar-refractivity contribution in [3.8, 4) is 0 Å². The Hall–Kier alpha value is -0.350. The first kappa shape index (κ1) is 11.7. The summed E-state index contributed by atoms with van der Waals surface area (Å²) in [5, 5.41) is 0.469. The second kappa shape index (κ2) is 4.94. The number of rotatable bonds is 3. The van der Waals surface area contributed by atoms with E-state index in [1.807, 2.05) is 30.3 Å². The lowest BCUT2D eigenvalue weighted by molar-refractivity contribution is -0.142. The number of halogens is 2. The molecule has 0 aliphatic rings. The minimum absolute atomic E-state index is 0.305. The van der Waals surface area contributed by atoms with Crippen LogP contribution in [-0.2, 0) is 13.9 Å². The van der Waals surface area contributed by atoms with Crippen LogP contribution < -0.4 is 0 Å². The van der Waals surface area contributed by atoms with Gasteiger partial charge in [-0.25, -0.2) is 0 Å². The molecule has 1 atom stereocenters. The number of carbonyl (C=O) groups is 1. The summed E-state index contributed by atoms with van der Waals surface area (Å²) in [5.74, 6) is -0.305. The second-order valence-electron chi connectivity index (χ2n) is 2.79. The summed E-state index contributed by atoms with van der Waals surface area (Å²) in [6, 6.07) is 9.44. The predicted octanol–water partition coefficient (Wildman–Crippen LogP) is 2.84. The quantitative estimate of drug-likeness (QED) is 0.632. The molecule has 1 aromatic rings. The summed E-state index contributed by atoms with van der Waals surface area (Å²) < 4.78 is 3.96. The smallest absolute Gasteiger partial charge is 0.328 e. The van der Waals surface area contributed by atoms with Crippen molar-refractivity contribution in [3.63, 3.8) is 0 Å². The number of alkyl halides is 2. The minimum atomic E-state index is -0.789. The van der Waals surface area contributed by atoms with Gasteiger partial charge in [0.15, 0.2) is 4.32 Å². The Morgan fingerprint density at radius 2 is 2.00 bits per heavy atom. The monoisotopic (exact) mass is 320 g/mol. The van der Waals surface area contributed by atoms with Gasteiger partial charge in [-0.2, -0.15) is 0 Å². The van der Waals surface area contributed by atoms with Crippen LogP contribution in [0.25, 0.3) is 0 Å². The van der Waals surface area contributed by atoms with Gasteiger partial charge in [-0.05, 0) is 5.56 Å². The van der Waals surface area contributed by atoms with E-state index in [1.165, 1.54) is 7.11 Å². The van der Waals surface area contributed by atoms with Gasteiger partial charge in [0.05, 0.1) is 7.11 Å². The second-order valence-corrected chi connectivity index (χ2v) is 4.71. The van der Waals surface area contributed by atoms with Crippen molar-refractivity contribution in [2.45, 2.75) is 4.32 Å². The fourth-order valence-corrected chi connectivity index (χ4v) is 2.09. The lowest BCUT2D eigenvalue weighted by Gasteiger charge is -2.22. The average Bonchev–Trinajstić information content (AvgIpc) is 2.28. The first-order valence-corrected chi connectivity index (χ1v) is 5.95. The van der Waals surface area contributed by atoms with Gasteiger partial charge in [0.25, 0.3) is 0 Å². The van der Waals surface area contributed by atoms with Crippen molar-refractivity contribution in [3.05, 3.63) is 35.9 Å². The van der Waals surface area contributed by atoms with Crippen molar-refractivity contribution in [2.75, 3.05) is 12.4 Å². The zero-order chi connectivity index (χ0) is 10.6. The van der Waals surface area contributed by atoms with Crippen LogP contribution in [0, 0.1) is 0 Å². The maximum absolute atomic E-state index is 11.6. The summed E-state index contributed by atoms with van der Waals surface area (Å²) in [6.07, 6.45) is 0. The van der Waals surface area contributed by atoms with E-state index < -0.39 is 4.32 Å². The van der Waals surface area contributed by atoms with Crippen LogP contribution in [0.15, 0.2) is 30.3 Å². The van der Waals surface area contributed by atoms with Gasteiger partial charge in [-0.15, -0.1) is 0 Å². The molecule has 0 spiro atoms. The van der Waals surface area contributed by atoms with E-state index in [4.69, 9.17) is 4.74 Å². The zero-order valence-electron chi connectivity index (χ0n) is 7.67. The third kappa shape index (κ3) is 2.17. The molecule has 0 heterocycles. The van der Waals surface area contributed by atoms with Crippen molar-refractivity contribution in [1.82, 2.24) is 0 Å². The van der Waals surface area contributed by atoms with Crippen LogP contribution in [-0.4, -0.2) is 18.4 Å². The van der Waals surface area contributed by atoms with Gasteiger partial charge < -0.3 is 4.74 Å². The standard InChI is InChI=1S/C10H10Br2O2/c1-14-9(13)10(12,7-11)8-5-3-2-4-6-8/h2-6H,7H2,1H3. The van der Waals surface area contributed by atoms with Gasteiger partial charge in [0.2, 0.25) is 0 Å². The van der Waals surface area contributed by atoms with Crippen LogP contribution in [0.1, 0.15) is 5.56 Å². The van der Waals surface area contributed by atoms with Crippen LogP contribution in [0.3, 0.4) is 0 Å². The molecular weight excluding hydrogens is 312 g/mol. The lowest BCUT2D eigenvalue weighted by atomic mass is 10.0. The SMILES string of the molecule is COC(=O)C(Br)(CBr)c1ccccc1. The van der Waals surface area contributed by atoms with E-state index in [1.54, 1.807) is 0 Å². The van der Waals surface area contributed by atoms with Crippen molar-refractivity contribution < 1.29 is 9.53 Å². The largest absolute Gasteiger partial charge is 0.468 e. The lowest BCUT2D eigenvalue weighted by Crippen LogP contribution is -2.32. The molecule has 0 saturated heterocycles. The molecule has 1 aromatic carbocycles. The highest BCUT2D eigenvalue weighted by molar-refractivity contribution is 9.12. The molecule has 0 amide bonds. The summed E-state index contributed by atoms with van der Waals surface area (Å²) in [7, 11) is 1.38. The number of carbonyl (C=O) groups excluding carboxylic acids is 1. The first-order chi connectivity index (χ1) is 6.65. The first-order valence-electron chi connectivity index (χ1n) is 4.04. The highest BCUT2D eigenvalue weighted by Crippen LogP contribution is 2.34. The summed E-state index contributed by atoms with van der Waals surface area (Å²) in [6.45, 7) is 0. The molecule has 0 saturated carbocycles. The Labute approximate surface area is 99.9 Å². The molecule has 0 aliphatic carbocycles. The number of esters is 1. The molecule has 4 heteroatoms. The predicted molar refractivity (Wildman–Crippen MR) is 62.9 cm³/mol. The summed E-state index contributed by atoms with van der Waals surface area (Å²) in [5.41, 5.74) is 0.878. The maximum Gasteiger partial charge on any atom is 0.328 e. The molecule has 76 valence electrons. The van der Waals surface area contributed by atoms with E-state index in [0.717, 1.165) is 5.56 Å². The Morgan fingerprint density at radius 3 is 2.43 bits per heavy atom. The van der Waals surface area contributed by atoms with E-state index in [-0.39, 0.29) is 5.97 Å². The highest BCUT2D eigenvalue weighted by atomic mass is 79.9. The van der Waals surface area contributed by atoms with E-state index in [2.05, 4.69) is 31.9 Å². The normalized spacial score (nSPS) is 14.5. The van der Waals surface area contributed by atoms with E-state index in [0.29, 0.717) is 5.33 Å². The van der Waals surface area contributed by atoms with Gasteiger partial charge >= 0.3 is 5.97 Å². The third-order valence-electron chi connectivity index (χ3n) is 1.92. The number of hydrogen-bond donors (Lipinski definition) is 0. The fraction of sp³-hybridized carbons (Fsp3) is 0.300. The van der Waals surface area contributed by atoms with E-state index >= 15 is 0 Å². The summed E-state index contributed by atoms with van der Waals surface area (Å²) >= 11 is 6.70. The van der Waals surface area contributed by atoms with Crippen molar-refractivity contribution >= 4 is 37.8 Å². The maximum atomic E-state index is 11.6. The number of hydrogen-bond acceptors (Lipinski definition) is 2. The summed E-state index contributed by atoms with van der Waals surface area (Å²) in [4.78, 5) is 11.6. The van der Waals surface area contributed by atoms with Gasteiger partial charge in [-0.3, -0.25) is 4.79 Å². The molecule has 14 heavy (non-hydrogen) atoms. The Kier molecular flexibility index (Phi) is 4.13. The van der Waals surface area contributed by atoms with Crippen LogP contribution in [0.5, 0.6) is 0 Å². The zero-order valence-corrected chi connectivity index (χ0v) is 10.8. The van der Waals surface area contributed by atoms with E-state index in [9.17, 15) is 4.79 Å².